The zero-order chi connectivity index (χ0) is 29.1. The van der Waals surface area contributed by atoms with E-state index in [9.17, 15) is 24.3 Å². The highest BCUT2D eigenvalue weighted by atomic mass is 16.5. The van der Waals surface area contributed by atoms with Gasteiger partial charge in [0.15, 0.2) is 0 Å². The van der Waals surface area contributed by atoms with Gasteiger partial charge in [0, 0.05) is 6.54 Å². The number of hydrogen-bond acceptors (Lipinski definition) is 8. The second-order valence-electron chi connectivity index (χ2n) is 11.1. The fourth-order valence-electron chi connectivity index (χ4n) is 3.58. The average molecular weight is 538 g/mol. The van der Waals surface area contributed by atoms with Gasteiger partial charge in [-0.05, 0) is 22.8 Å². The van der Waals surface area contributed by atoms with Gasteiger partial charge in [0.2, 0.25) is 5.91 Å². The largest absolute Gasteiger partial charge is 0.453 e. The molecule has 0 bridgehead atoms. The summed E-state index contributed by atoms with van der Waals surface area (Å²) in [6.45, 7) is 10.6. The van der Waals surface area contributed by atoms with Crippen molar-refractivity contribution in [2.45, 2.75) is 72.2 Å². The topological polar surface area (TPSA) is 167 Å². The molecule has 4 amide bonds. The van der Waals surface area contributed by atoms with E-state index in [1.165, 1.54) is 14.2 Å². The molecule has 0 spiro atoms. The molecule has 4 atom stereocenters. The number of amides is 4. The molecule has 0 heterocycles. The van der Waals surface area contributed by atoms with E-state index in [2.05, 4.69) is 36.3 Å². The van der Waals surface area contributed by atoms with Crippen molar-refractivity contribution in [1.82, 2.24) is 26.8 Å². The second-order valence-corrected chi connectivity index (χ2v) is 11.1. The Kier molecular flexibility index (Phi) is 12.5. The smallest absolute Gasteiger partial charge is 0.407 e. The van der Waals surface area contributed by atoms with Crippen LogP contribution in [-0.2, 0) is 25.5 Å². The molecule has 0 aliphatic heterocycles. The summed E-state index contributed by atoms with van der Waals surface area (Å²) in [6.07, 6.45) is -2.36. The Bertz CT molecular complexity index is 928. The number of nitrogens with one attached hydrogen (secondary N) is 5. The lowest BCUT2D eigenvalue weighted by Crippen LogP contribution is -2.60. The summed E-state index contributed by atoms with van der Waals surface area (Å²) in [5.41, 5.74) is 4.77. The van der Waals surface area contributed by atoms with Crippen LogP contribution in [-0.4, -0.2) is 74.1 Å². The van der Waals surface area contributed by atoms with E-state index < -0.39 is 59.1 Å². The molecule has 0 unspecified atom stereocenters. The van der Waals surface area contributed by atoms with Crippen molar-refractivity contribution in [2.75, 3.05) is 20.8 Å². The van der Waals surface area contributed by atoms with E-state index in [0.29, 0.717) is 0 Å². The Morgan fingerprint density at radius 2 is 1.26 bits per heavy atom. The summed E-state index contributed by atoms with van der Waals surface area (Å²) >= 11 is 0. The SMILES string of the molecule is COC(=O)N[C@@H](C(=O)NNC[C@H](O)[C@H](Cc1ccccc1)NC(=O)[C@H](NC(=O)OC)C(C)(C)C)C(C)(C)C. The minimum atomic E-state index is -1.14. The van der Waals surface area contributed by atoms with Crippen LogP contribution in [0.1, 0.15) is 47.1 Å². The van der Waals surface area contributed by atoms with Gasteiger partial charge in [0.25, 0.3) is 5.91 Å². The molecule has 12 heteroatoms. The highest BCUT2D eigenvalue weighted by Crippen LogP contribution is 2.21. The first kappa shape index (κ1) is 32.6. The van der Waals surface area contributed by atoms with Gasteiger partial charge in [-0.1, -0.05) is 71.9 Å². The highest BCUT2D eigenvalue weighted by molar-refractivity contribution is 5.87. The first-order valence-corrected chi connectivity index (χ1v) is 12.3. The van der Waals surface area contributed by atoms with Crippen molar-refractivity contribution in [1.29, 1.82) is 0 Å². The van der Waals surface area contributed by atoms with Gasteiger partial charge in [0.05, 0.1) is 26.4 Å². The number of aliphatic hydroxyl groups excluding tert-OH is 1. The van der Waals surface area contributed by atoms with Gasteiger partial charge in [-0.25, -0.2) is 15.0 Å². The number of aliphatic hydroxyl groups is 1. The maximum atomic E-state index is 13.2. The molecular weight excluding hydrogens is 494 g/mol. The van der Waals surface area contributed by atoms with Gasteiger partial charge in [0.1, 0.15) is 12.1 Å². The quantitative estimate of drug-likeness (QED) is 0.229. The summed E-state index contributed by atoms with van der Waals surface area (Å²) in [6, 6.07) is 6.64. The van der Waals surface area contributed by atoms with Crippen LogP contribution in [0.5, 0.6) is 0 Å². The molecule has 38 heavy (non-hydrogen) atoms. The van der Waals surface area contributed by atoms with Gasteiger partial charge >= 0.3 is 12.2 Å². The number of carbonyl (C=O) groups excluding carboxylic acids is 4. The normalized spacial score (nSPS) is 14.8. The number of hydrogen-bond donors (Lipinski definition) is 6. The van der Waals surface area contributed by atoms with Gasteiger partial charge in [-0.2, -0.15) is 0 Å². The predicted octanol–water partition coefficient (Wildman–Crippen LogP) is 1.24. The molecule has 0 aliphatic rings. The lowest BCUT2D eigenvalue weighted by molar-refractivity contribution is -0.128. The summed E-state index contributed by atoms with van der Waals surface area (Å²) in [5.74, 6) is -1.03. The van der Waals surface area contributed by atoms with Crippen LogP contribution in [0.25, 0.3) is 0 Å². The van der Waals surface area contributed by atoms with Crippen LogP contribution >= 0.6 is 0 Å². The fraction of sp³-hybridized carbons (Fsp3) is 0.615. The molecule has 0 aliphatic carbocycles. The van der Waals surface area contributed by atoms with E-state index in [1.54, 1.807) is 41.5 Å². The molecule has 0 saturated carbocycles. The van der Waals surface area contributed by atoms with Gasteiger partial charge in [-0.3, -0.25) is 15.0 Å². The molecular formula is C26H43N5O7. The van der Waals surface area contributed by atoms with E-state index >= 15 is 0 Å². The van der Waals surface area contributed by atoms with Gasteiger partial charge < -0.3 is 30.5 Å². The number of hydrazine groups is 1. The van der Waals surface area contributed by atoms with Crippen molar-refractivity contribution in [3.8, 4) is 0 Å². The molecule has 6 N–H and O–H groups in total. The standard InChI is InChI=1S/C26H43N5O7/c1-25(2,3)19(29-23(35)37-7)21(33)28-17(14-16-12-10-9-11-13-16)18(32)15-27-31-22(34)20(26(4,5)6)30-24(36)38-8/h9-13,17-20,27,32H,14-15H2,1-8H3,(H,28,33)(H,29,35)(H,30,36)(H,31,34)/t17-,18-,19-,20-/m0/s1. The molecule has 1 aromatic rings. The van der Waals surface area contributed by atoms with Crippen molar-refractivity contribution in [3.05, 3.63) is 35.9 Å². The number of alkyl carbamates (subject to hydrolysis) is 2. The summed E-state index contributed by atoms with van der Waals surface area (Å²) in [4.78, 5) is 49.5. The third-order valence-electron chi connectivity index (χ3n) is 5.76. The number of methoxy groups -OCH3 is 2. The van der Waals surface area contributed by atoms with Crippen molar-refractivity contribution in [2.24, 2.45) is 10.8 Å². The minimum absolute atomic E-state index is 0.122. The van der Waals surface area contributed by atoms with Crippen LogP contribution in [0.15, 0.2) is 30.3 Å². The fourth-order valence-corrected chi connectivity index (χ4v) is 3.58. The number of carbonyl (C=O) groups is 4. The van der Waals surface area contributed by atoms with E-state index in [0.717, 1.165) is 5.56 Å². The van der Waals surface area contributed by atoms with Crippen LogP contribution < -0.4 is 26.8 Å². The van der Waals surface area contributed by atoms with E-state index in [1.807, 2.05) is 30.3 Å². The molecule has 1 rings (SSSR count). The Balaban J connectivity index is 2.99. The van der Waals surface area contributed by atoms with Crippen molar-refractivity contribution >= 4 is 24.0 Å². The number of rotatable bonds is 11. The molecule has 0 fully saturated rings. The van der Waals surface area contributed by atoms with Crippen LogP contribution in [0.3, 0.4) is 0 Å². The molecule has 1 aromatic carbocycles. The lowest BCUT2D eigenvalue weighted by atomic mass is 9.85. The molecule has 0 saturated heterocycles. The lowest BCUT2D eigenvalue weighted by Gasteiger charge is -2.33. The summed E-state index contributed by atoms with van der Waals surface area (Å²) < 4.78 is 9.26. The molecule has 0 radical (unpaired) electrons. The summed E-state index contributed by atoms with van der Waals surface area (Å²) in [7, 11) is 2.41. The zero-order valence-corrected chi connectivity index (χ0v) is 23.5. The zero-order valence-electron chi connectivity index (χ0n) is 23.5. The second kappa shape index (κ2) is 14.5. The highest BCUT2D eigenvalue weighted by Gasteiger charge is 2.36. The van der Waals surface area contributed by atoms with Gasteiger partial charge in [-0.15, -0.1) is 0 Å². The Morgan fingerprint density at radius 3 is 1.71 bits per heavy atom. The maximum Gasteiger partial charge on any atom is 0.407 e. The van der Waals surface area contributed by atoms with Crippen LogP contribution in [0.4, 0.5) is 9.59 Å². The van der Waals surface area contributed by atoms with Crippen LogP contribution in [0.2, 0.25) is 0 Å². The third kappa shape index (κ3) is 10.9. The Morgan fingerprint density at radius 1 is 0.789 bits per heavy atom. The monoisotopic (exact) mass is 537 g/mol. The molecule has 12 nitrogen and oxygen atoms in total. The van der Waals surface area contributed by atoms with E-state index in [4.69, 9.17) is 0 Å². The molecule has 0 aromatic heterocycles. The number of benzene rings is 1. The minimum Gasteiger partial charge on any atom is -0.453 e. The third-order valence-corrected chi connectivity index (χ3v) is 5.76. The average Bonchev–Trinajstić information content (AvgIpc) is 2.83. The van der Waals surface area contributed by atoms with Crippen molar-refractivity contribution in [3.63, 3.8) is 0 Å². The van der Waals surface area contributed by atoms with Crippen LogP contribution in [0, 0.1) is 10.8 Å². The summed E-state index contributed by atoms with van der Waals surface area (Å²) in [5, 5.41) is 18.9. The van der Waals surface area contributed by atoms with E-state index in [-0.39, 0.29) is 13.0 Å². The maximum absolute atomic E-state index is 13.2. The first-order valence-electron chi connectivity index (χ1n) is 12.3. The first-order chi connectivity index (χ1) is 17.6. The van der Waals surface area contributed by atoms with Crippen molar-refractivity contribution < 1.29 is 33.8 Å². The Labute approximate surface area is 224 Å². The predicted molar refractivity (Wildman–Crippen MR) is 142 cm³/mol. The number of ether oxygens (including phenoxy) is 2. The molecule has 214 valence electrons. The Hall–Kier alpha value is -3.38.